The van der Waals surface area contributed by atoms with Gasteiger partial charge in [-0.3, -0.25) is 4.79 Å². The zero-order valence-corrected chi connectivity index (χ0v) is 7.74. The van der Waals surface area contributed by atoms with Crippen molar-refractivity contribution in [3.8, 4) is 0 Å². The van der Waals surface area contributed by atoms with Crippen molar-refractivity contribution in [3.63, 3.8) is 0 Å². The molecule has 0 amide bonds. The molecule has 0 unspecified atom stereocenters. The standard InChI is InChI=1S/C3H6O2.CH3.Zn/c1-2-3(4)5;;/h2H2,1H3,(H,4,5);1H3;. The molecule has 0 aliphatic rings. The van der Waals surface area contributed by atoms with E-state index >= 15 is 0 Å². The molecule has 39 valence electrons. The van der Waals surface area contributed by atoms with Gasteiger partial charge in [-0.1, -0.05) is 6.92 Å². The third-order valence-electron chi connectivity index (χ3n) is 0.302. The van der Waals surface area contributed by atoms with Crippen LogP contribution in [-0.2, 0) is 23.1 Å². The van der Waals surface area contributed by atoms with Crippen LogP contribution in [0.5, 0.6) is 0 Å². The van der Waals surface area contributed by atoms with E-state index in [0.29, 0.717) is 0 Å². The maximum absolute atomic E-state index is 9.37. The Morgan fingerprint density at radius 3 is 1.86 bits per heavy atom. The molecule has 0 saturated carbocycles. The molecule has 0 aliphatic carbocycles. The average Bonchev–Trinajstić information content (AvgIpc) is 1.73. The number of hydrogen-bond donors (Lipinski definition) is 1. The van der Waals surface area contributed by atoms with Crippen LogP contribution in [0.25, 0.3) is 0 Å². The van der Waals surface area contributed by atoms with Crippen LogP contribution in [-0.4, -0.2) is 11.1 Å². The van der Waals surface area contributed by atoms with E-state index in [1.54, 1.807) is 6.92 Å². The number of carbonyl (C=O) groups is 1. The van der Waals surface area contributed by atoms with Crippen LogP contribution < -0.4 is 0 Å². The van der Waals surface area contributed by atoms with Gasteiger partial charge in [-0.25, -0.2) is 0 Å². The van der Waals surface area contributed by atoms with Crippen molar-refractivity contribution in [2.75, 3.05) is 0 Å². The Kier molecular flexibility index (Phi) is 13.7. The average molecular weight is 155 g/mol. The van der Waals surface area contributed by atoms with Gasteiger partial charge >= 0.3 is 29.8 Å². The van der Waals surface area contributed by atoms with Crippen LogP contribution >= 0.6 is 0 Å². The monoisotopic (exact) mass is 153 g/mol. The number of hydrogen-bond acceptors (Lipinski definition) is 1. The van der Waals surface area contributed by atoms with Crippen molar-refractivity contribution in [2.45, 2.75) is 18.9 Å². The minimum atomic E-state index is -0.745. The van der Waals surface area contributed by atoms with Crippen molar-refractivity contribution >= 4 is 5.97 Å². The first-order valence-corrected chi connectivity index (χ1v) is 5.16. The van der Waals surface area contributed by atoms with Crippen LogP contribution in [0.15, 0.2) is 0 Å². The topological polar surface area (TPSA) is 37.3 Å². The van der Waals surface area contributed by atoms with Crippen molar-refractivity contribution in [1.29, 1.82) is 0 Å². The Bertz CT molecular complexity index is 45.0. The molecule has 0 radical (unpaired) electrons. The predicted octanol–water partition coefficient (Wildman–Crippen LogP) is 1.06. The van der Waals surface area contributed by atoms with Gasteiger partial charge in [0, 0.05) is 6.42 Å². The molecular weight excluding hydrogens is 145 g/mol. The molecular formula is C4H9O2Zn. The van der Waals surface area contributed by atoms with Crippen molar-refractivity contribution in [2.24, 2.45) is 0 Å². The van der Waals surface area contributed by atoms with Gasteiger partial charge in [-0.15, -0.1) is 0 Å². The van der Waals surface area contributed by atoms with E-state index in [4.69, 9.17) is 5.11 Å². The normalized spacial score (nSPS) is 6.29. The fourth-order valence-electron chi connectivity index (χ4n) is 0. The van der Waals surface area contributed by atoms with Gasteiger partial charge in [-0.2, -0.15) is 0 Å². The van der Waals surface area contributed by atoms with Crippen LogP contribution in [0, 0.1) is 0 Å². The number of aliphatic carboxylic acids is 1. The van der Waals surface area contributed by atoms with Crippen molar-refractivity contribution in [3.05, 3.63) is 0 Å². The van der Waals surface area contributed by atoms with Gasteiger partial charge in [0.15, 0.2) is 0 Å². The van der Waals surface area contributed by atoms with Crippen LogP contribution in [0.3, 0.4) is 0 Å². The van der Waals surface area contributed by atoms with E-state index in [2.05, 4.69) is 5.52 Å². The second-order valence-corrected chi connectivity index (χ2v) is 0.747. The predicted molar refractivity (Wildman–Crippen MR) is 23.8 cm³/mol. The molecule has 0 heterocycles. The molecule has 0 spiro atoms. The second kappa shape index (κ2) is 9.43. The third kappa shape index (κ3) is 23.3. The molecule has 0 rings (SSSR count). The molecule has 0 aromatic rings. The summed E-state index contributed by atoms with van der Waals surface area (Å²) in [5, 5.41) is 7.72. The van der Waals surface area contributed by atoms with Crippen LogP contribution in [0.4, 0.5) is 0 Å². The molecule has 0 atom stereocenters. The van der Waals surface area contributed by atoms with E-state index in [0.717, 1.165) is 0 Å². The zero-order valence-electron chi connectivity index (χ0n) is 4.77. The maximum atomic E-state index is 9.37. The molecule has 2 nitrogen and oxygen atoms in total. The summed E-state index contributed by atoms with van der Waals surface area (Å²) in [4.78, 5) is 9.37. The summed E-state index contributed by atoms with van der Waals surface area (Å²) in [6, 6.07) is 0. The number of rotatable bonds is 1. The van der Waals surface area contributed by atoms with Crippen LogP contribution in [0.1, 0.15) is 13.3 Å². The quantitative estimate of drug-likeness (QED) is 0.574. The SMILES string of the molecule is CCC(=O)O.[CH3][Zn]. The van der Waals surface area contributed by atoms with Crippen LogP contribution in [0.2, 0.25) is 5.52 Å². The van der Waals surface area contributed by atoms with Crippen molar-refractivity contribution in [1.82, 2.24) is 0 Å². The minimum absolute atomic E-state index is 0.222. The van der Waals surface area contributed by atoms with E-state index in [-0.39, 0.29) is 6.42 Å². The van der Waals surface area contributed by atoms with E-state index in [1.165, 1.54) is 18.3 Å². The summed E-state index contributed by atoms with van der Waals surface area (Å²) in [5.74, 6) is -0.745. The molecule has 0 aromatic heterocycles. The Labute approximate surface area is 53.6 Å². The number of carboxylic acid groups (broad SMARTS) is 1. The molecule has 0 aromatic carbocycles. The van der Waals surface area contributed by atoms with Gasteiger partial charge in [0.25, 0.3) is 0 Å². The summed E-state index contributed by atoms with van der Waals surface area (Å²) in [5.41, 5.74) is 2.12. The van der Waals surface area contributed by atoms with Gasteiger partial charge in [0.1, 0.15) is 0 Å². The summed E-state index contributed by atoms with van der Waals surface area (Å²) in [7, 11) is 0. The van der Waals surface area contributed by atoms with Gasteiger partial charge < -0.3 is 5.11 Å². The Hall–Kier alpha value is 0.0934. The summed E-state index contributed by atoms with van der Waals surface area (Å²) < 4.78 is 0. The first-order valence-electron chi connectivity index (χ1n) is 2.20. The van der Waals surface area contributed by atoms with E-state index < -0.39 is 5.97 Å². The van der Waals surface area contributed by atoms with Crippen molar-refractivity contribution < 1.29 is 28.2 Å². The van der Waals surface area contributed by atoms with Gasteiger partial charge in [0.2, 0.25) is 0 Å². The zero-order chi connectivity index (χ0) is 6.28. The molecule has 3 heteroatoms. The van der Waals surface area contributed by atoms with Gasteiger partial charge in [-0.05, 0) is 0 Å². The first kappa shape index (κ1) is 10.2. The summed E-state index contributed by atoms with van der Waals surface area (Å²) in [6.07, 6.45) is 0.222. The first-order chi connectivity index (χ1) is 3.27. The summed E-state index contributed by atoms with van der Waals surface area (Å²) >= 11 is 1.38. The summed E-state index contributed by atoms with van der Waals surface area (Å²) in [6.45, 7) is 1.60. The molecule has 0 bridgehead atoms. The van der Waals surface area contributed by atoms with E-state index in [9.17, 15) is 4.79 Å². The van der Waals surface area contributed by atoms with Gasteiger partial charge in [0.05, 0.1) is 0 Å². The number of carboxylic acids is 1. The Morgan fingerprint density at radius 1 is 1.71 bits per heavy atom. The second-order valence-electron chi connectivity index (χ2n) is 0.747. The fraction of sp³-hybridized carbons (Fsp3) is 0.750. The fourth-order valence-corrected chi connectivity index (χ4v) is 0. The Balaban J connectivity index is 0. The molecule has 0 aliphatic heterocycles. The molecule has 7 heavy (non-hydrogen) atoms. The Morgan fingerprint density at radius 2 is 1.86 bits per heavy atom. The molecule has 0 fully saturated rings. The van der Waals surface area contributed by atoms with E-state index in [1.807, 2.05) is 0 Å². The third-order valence-corrected chi connectivity index (χ3v) is 0.302. The molecule has 1 N–H and O–H groups in total. The molecule has 0 saturated heterocycles.